The Morgan fingerprint density at radius 2 is 2.00 bits per heavy atom. The molecule has 0 bridgehead atoms. The lowest BCUT2D eigenvalue weighted by Crippen LogP contribution is -2.24. The van der Waals surface area contributed by atoms with Gasteiger partial charge in [0, 0.05) is 25.8 Å². The van der Waals surface area contributed by atoms with Crippen molar-refractivity contribution >= 4 is 5.82 Å². The standard InChI is InChI=1S/C15H25N3O2/c1-10(2)5-16-6-12-4-11(3)15(17-7-12)18-8-13(19)14(20)9-18/h4,7,10,13-14,16,19-20H,5-6,8-9H2,1-3H3. The molecule has 1 saturated heterocycles. The summed E-state index contributed by atoms with van der Waals surface area (Å²) in [5, 5.41) is 22.6. The van der Waals surface area contributed by atoms with Gasteiger partial charge in [0.05, 0.1) is 12.2 Å². The minimum atomic E-state index is -0.677. The van der Waals surface area contributed by atoms with Gasteiger partial charge in [-0.05, 0) is 36.6 Å². The molecule has 2 rings (SSSR count). The van der Waals surface area contributed by atoms with E-state index in [9.17, 15) is 10.2 Å². The summed E-state index contributed by atoms with van der Waals surface area (Å²) in [5.41, 5.74) is 2.24. The summed E-state index contributed by atoms with van der Waals surface area (Å²) in [5.74, 6) is 1.49. The molecule has 2 unspecified atom stereocenters. The number of aliphatic hydroxyl groups is 2. The van der Waals surface area contributed by atoms with Crippen LogP contribution < -0.4 is 10.2 Å². The third-order valence-corrected chi connectivity index (χ3v) is 3.55. The van der Waals surface area contributed by atoms with Crippen molar-refractivity contribution in [2.24, 2.45) is 5.92 Å². The van der Waals surface area contributed by atoms with E-state index in [1.165, 1.54) is 0 Å². The van der Waals surface area contributed by atoms with Crippen molar-refractivity contribution in [3.63, 3.8) is 0 Å². The summed E-state index contributed by atoms with van der Waals surface area (Å²) in [7, 11) is 0. The van der Waals surface area contributed by atoms with Crippen molar-refractivity contribution < 1.29 is 10.2 Å². The van der Waals surface area contributed by atoms with Crippen molar-refractivity contribution in [2.75, 3.05) is 24.5 Å². The van der Waals surface area contributed by atoms with Gasteiger partial charge in [-0.15, -0.1) is 0 Å². The molecule has 2 atom stereocenters. The van der Waals surface area contributed by atoms with Crippen molar-refractivity contribution in [1.29, 1.82) is 0 Å². The number of aromatic nitrogens is 1. The summed E-state index contributed by atoms with van der Waals surface area (Å²) in [6, 6.07) is 2.12. The Labute approximate surface area is 120 Å². The molecule has 2 heterocycles. The molecular weight excluding hydrogens is 254 g/mol. The third kappa shape index (κ3) is 3.69. The molecule has 1 aromatic heterocycles. The number of β-amino-alcohol motifs (C(OH)–C–C–N with tert-alkyl or cyclic N) is 2. The summed E-state index contributed by atoms with van der Waals surface area (Å²) < 4.78 is 0. The molecule has 1 aliphatic heterocycles. The second-order valence-corrected chi connectivity index (χ2v) is 6.05. The molecule has 3 N–H and O–H groups in total. The number of rotatable bonds is 5. The van der Waals surface area contributed by atoms with E-state index in [1.807, 2.05) is 18.0 Å². The molecule has 0 aromatic carbocycles. The largest absolute Gasteiger partial charge is 0.389 e. The van der Waals surface area contributed by atoms with E-state index in [0.717, 1.165) is 30.0 Å². The SMILES string of the molecule is Cc1cc(CNCC(C)C)cnc1N1CC(O)C(O)C1. The number of nitrogens with zero attached hydrogens (tertiary/aromatic N) is 2. The Balaban J connectivity index is 1.99. The number of anilines is 1. The van der Waals surface area contributed by atoms with Crippen LogP contribution in [0.3, 0.4) is 0 Å². The molecule has 0 aliphatic carbocycles. The third-order valence-electron chi connectivity index (χ3n) is 3.55. The Morgan fingerprint density at radius 3 is 2.55 bits per heavy atom. The van der Waals surface area contributed by atoms with Crippen LogP contribution >= 0.6 is 0 Å². The summed E-state index contributed by atoms with van der Waals surface area (Å²) in [4.78, 5) is 6.43. The maximum atomic E-state index is 9.61. The highest BCUT2D eigenvalue weighted by Crippen LogP contribution is 2.22. The first-order chi connectivity index (χ1) is 9.47. The van der Waals surface area contributed by atoms with Crippen LogP contribution in [0.5, 0.6) is 0 Å². The molecule has 1 aromatic rings. The van der Waals surface area contributed by atoms with Crippen molar-refractivity contribution in [3.05, 3.63) is 23.4 Å². The molecule has 5 nitrogen and oxygen atoms in total. The minimum absolute atomic E-state index is 0.444. The van der Waals surface area contributed by atoms with E-state index in [1.54, 1.807) is 0 Å². The van der Waals surface area contributed by atoms with E-state index >= 15 is 0 Å². The van der Waals surface area contributed by atoms with Crippen LogP contribution in [0.1, 0.15) is 25.0 Å². The van der Waals surface area contributed by atoms with E-state index in [2.05, 4.69) is 30.2 Å². The molecule has 0 radical (unpaired) electrons. The van der Waals surface area contributed by atoms with Crippen LogP contribution in [-0.4, -0.2) is 47.0 Å². The zero-order chi connectivity index (χ0) is 14.7. The van der Waals surface area contributed by atoms with Gasteiger partial charge in [-0.3, -0.25) is 0 Å². The first kappa shape index (κ1) is 15.2. The van der Waals surface area contributed by atoms with E-state index in [-0.39, 0.29) is 0 Å². The average molecular weight is 279 g/mol. The monoisotopic (exact) mass is 279 g/mol. The van der Waals surface area contributed by atoms with Crippen LogP contribution in [0.2, 0.25) is 0 Å². The fourth-order valence-electron chi connectivity index (χ4n) is 2.50. The van der Waals surface area contributed by atoms with Crippen molar-refractivity contribution in [3.8, 4) is 0 Å². The van der Waals surface area contributed by atoms with Gasteiger partial charge < -0.3 is 20.4 Å². The molecule has 20 heavy (non-hydrogen) atoms. The predicted molar refractivity (Wildman–Crippen MR) is 79.7 cm³/mol. The number of aliphatic hydroxyl groups excluding tert-OH is 2. The van der Waals surface area contributed by atoms with Crippen molar-refractivity contribution in [2.45, 2.75) is 39.5 Å². The molecule has 1 aliphatic rings. The number of pyridine rings is 1. The zero-order valence-electron chi connectivity index (χ0n) is 12.5. The fraction of sp³-hybridized carbons (Fsp3) is 0.667. The van der Waals surface area contributed by atoms with E-state index in [4.69, 9.17) is 0 Å². The second kappa shape index (κ2) is 6.52. The van der Waals surface area contributed by atoms with Gasteiger partial charge in [-0.25, -0.2) is 4.98 Å². The van der Waals surface area contributed by atoms with Gasteiger partial charge in [0.2, 0.25) is 0 Å². The number of aryl methyl sites for hydroxylation is 1. The number of hydrogen-bond acceptors (Lipinski definition) is 5. The van der Waals surface area contributed by atoms with Crippen LogP contribution in [-0.2, 0) is 6.54 Å². The molecule has 5 heteroatoms. The molecule has 0 spiro atoms. The fourth-order valence-corrected chi connectivity index (χ4v) is 2.50. The Kier molecular flexibility index (Phi) is 4.96. The highest BCUT2D eigenvalue weighted by atomic mass is 16.3. The normalized spacial score (nSPS) is 22.8. The van der Waals surface area contributed by atoms with Crippen molar-refractivity contribution in [1.82, 2.24) is 10.3 Å². The Morgan fingerprint density at radius 1 is 1.35 bits per heavy atom. The first-order valence-corrected chi connectivity index (χ1v) is 7.24. The van der Waals surface area contributed by atoms with Gasteiger partial charge in [0.15, 0.2) is 0 Å². The zero-order valence-corrected chi connectivity index (χ0v) is 12.5. The maximum absolute atomic E-state index is 9.61. The van der Waals surface area contributed by atoms with E-state index < -0.39 is 12.2 Å². The highest BCUT2D eigenvalue weighted by Gasteiger charge is 2.30. The lowest BCUT2D eigenvalue weighted by Gasteiger charge is -2.19. The quantitative estimate of drug-likeness (QED) is 0.739. The van der Waals surface area contributed by atoms with Gasteiger partial charge in [0.1, 0.15) is 5.82 Å². The lowest BCUT2D eigenvalue weighted by atomic mass is 10.2. The average Bonchev–Trinajstić information content (AvgIpc) is 2.69. The van der Waals surface area contributed by atoms with Gasteiger partial charge >= 0.3 is 0 Å². The number of nitrogens with one attached hydrogen (secondary N) is 1. The lowest BCUT2D eigenvalue weighted by molar-refractivity contribution is 0.0572. The molecule has 0 saturated carbocycles. The summed E-state index contributed by atoms with van der Waals surface area (Å²) >= 11 is 0. The smallest absolute Gasteiger partial charge is 0.131 e. The first-order valence-electron chi connectivity index (χ1n) is 7.24. The topological polar surface area (TPSA) is 68.6 Å². The van der Waals surface area contributed by atoms with Gasteiger partial charge in [-0.1, -0.05) is 13.8 Å². The summed E-state index contributed by atoms with van der Waals surface area (Å²) in [6.45, 7) is 9.08. The Bertz CT molecular complexity index is 441. The number of hydrogen-bond donors (Lipinski definition) is 3. The van der Waals surface area contributed by atoms with Crippen LogP contribution in [0.4, 0.5) is 5.82 Å². The summed E-state index contributed by atoms with van der Waals surface area (Å²) in [6.07, 6.45) is 0.513. The maximum Gasteiger partial charge on any atom is 0.131 e. The second-order valence-electron chi connectivity index (χ2n) is 6.05. The van der Waals surface area contributed by atoms with Crippen LogP contribution in [0.15, 0.2) is 12.3 Å². The van der Waals surface area contributed by atoms with E-state index in [0.29, 0.717) is 19.0 Å². The van der Waals surface area contributed by atoms with Crippen LogP contribution in [0, 0.1) is 12.8 Å². The van der Waals surface area contributed by atoms with Gasteiger partial charge in [0.25, 0.3) is 0 Å². The van der Waals surface area contributed by atoms with Crippen LogP contribution in [0.25, 0.3) is 0 Å². The minimum Gasteiger partial charge on any atom is -0.389 e. The molecule has 0 amide bonds. The molecule has 112 valence electrons. The Hall–Kier alpha value is -1.17. The molecular formula is C15H25N3O2. The molecule has 1 fully saturated rings. The predicted octanol–water partition coefficient (Wildman–Crippen LogP) is 0.677. The highest BCUT2D eigenvalue weighted by molar-refractivity contribution is 5.48. The van der Waals surface area contributed by atoms with Gasteiger partial charge in [-0.2, -0.15) is 0 Å².